The van der Waals surface area contributed by atoms with Crippen molar-refractivity contribution in [1.29, 1.82) is 0 Å². The summed E-state index contributed by atoms with van der Waals surface area (Å²) in [6.07, 6.45) is 1.57. The Morgan fingerprint density at radius 2 is 1.93 bits per heavy atom. The van der Waals surface area contributed by atoms with Crippen molar-refractivity contribution in [3.63, 3.8) is 0 Å². The number of hydrogen-bond acceptors (Lipinski definition) is 4. The fourth-order valence-electron chi connectivity index (χ4n) is 3.02. The second kappa shape index (κ2) is 9.07. The first-order chi connectivity index (χ1) is 13.2. The molecule has 1 aromatic carbocycles. The van der Waals surface area contributed by atoms with Crippen LogP contribution in [0.25, 0.3) is 0 Å². The molecule has 1 aromatic heterocycles. The molecule has 0 aliphatic carbocycles. The maximum atomic E-state index is 13.9. The van der Waals surface area contributed by atoms with Gasteiger partial charge in [-0.3, -0.25) is 9.79 Å². The van der Waals surface area contributed by atoms with E-state index in [1.807, 2.05) is 17.0 Å². The number of furan rings is 1. The zero-order valence-electron chi connectivity index (χ0n) is 15.3. The Hall–Kier alpha value is -3.03. The van der Waals surface area contributed by atoms with Crippen molar-refractivity contribution in [3.8, 4) is 0 Å². The Bertz CT molecular complexity index is 770. The van der Waals surface area contributed by atoms with Crippen molar-refractivity contribution < 1.29 is 13.6 Å². The summed E-state index contributed by atoms with van der Waals surface area (Å²) in [6.45, 7) is 3.25. The van der Waals surface area contributed by atoms with E-state index in [0.717, 1.165) is 0 Å². The second-order valence-corrected chi connectivity index (χ2v) is 6.18. The largest absolute Gasteiger partial charge is 0.467 e. The summed E-state index contributed by atoms with van der Waals surface area (Å²) in [5.41, 5.74) is 0.623. The van der Waals surface area contributed by atoms with E-state index in [2.05, 4.69) is 20.5 Å². The van der Waals surface area contributed by atoms with Gasteiger partial charge in [-0.2, -0.15) is 0 Å². The van der Waals surface area contributed by atoms with Crippen LogP contribution in [0.4, 0.5) is 10.1 Å². The Balaban J connectivity index is 1.45. The van der Waals surface area contributed by atoms with E-state index in [-0.39, 0.29) is 18.3 Å². The van der Waals surface area contributed by atoms with E-state index in [9.17, 15) is 9.18 Å². The van der Waals surface area contributed by atoms with Crippen LogP contribution >= 0.6 is 0 Å². The van der Waals surface area contributed by atoms with Gasteiger partial charge < -0.3 is 24.9 Å². The van der Waals surface area contributed by atoms with Crippen molar-refractivity contribution in [2.75, 3.05) is 44.7 Å². The van der Waals surface area contributed by atoms with Gasteiger partial charge in [0.1, 0.15) is 11.6 Å². The molecule has 7 nitrogen and oxygen atoms in total. The van der Waals surface area contributed by atoms with Crippen LogP contribution in [0.5, 0.6) is 0 Å². The Kier molecular flexibility index (Phi) is 6.30. The molecule has 0 radical (unpaired) electrons. The number of benzene rings is 1. The van der Waals surface area contributed by atoms with E-state index in [1.165, 1.54) is 6.07 Å². The highest BCUT2D eigenvalue weighted by atomic mass is 19.1. The van der Waals surface area contributed by atoms with Crippen molar-refractivity contribution in [1.82, 2.24) is 15.5 Å². The maximum absolute atomic E-state index is 13.9. The van der Waals surface area contributed by atoms with Gasteiger partial charge in [0.15, 0.2) is 5.96 Å². The number of hydrogen-bond donors (Lipinski definition) is 2. The normalized spacial score (nSPS) is 15.0. The fraction of sp³-hybridized carbons (Fsp3) is 0.368. The molecule has 2 aromatic rings. The molecular weight excluding hydrogens is 349 g/mol. The Morgan fingerprint density at radius 1 is 1.15 bits per heavy atom. The van der Waals surface area contributed by atoms with Gasteiger partial charge in [-0.15, -0.1) is 0 Å². The van der Waals surface area contributed by atoms with E-state index >= 15 is 0 Å². The van der Waals surface area contributed by atoms with Gasteiger partial charge in [-0.25, -0.2) is 4.39 Å². The van der Waals surface area contributed by atoms with Crippen LogP contribution in [-0.2, 0) is 11.3 Å². The van der Waals surface area contributed by atoms with Crippen molar-refractivity contribution in [3.05, 3.63) is 54.2 Å². The van der Waals surface area contributed by atoms with E-state index < -0.39 is 0 Å². The Morgan fingerprint density at radius 3 is 2.59 bits per heavy atom. The zero-order valence-corrected chi connectivity index (χ0v) is 15.3. The highest BCUT2D eigenvalue weighted by Crippen LogP contribution is 2.20. The summed E-state index contributed by atoms with van der Waals surface area (Å²) in [7, 11) is 1.69. The molecule has 3 rings (SSSR count). The number of aliphatic imine (C=N–C) groups is 1. The minimum atomic E-state index is -0.207. The molecule has 1 fully saturated rings. The fourth-order valence-corrected chi connectivity index (χ4v) is 3.02. The van der Waals surface area contributed by atoms with Gasteiger partial charge in [-0.05, 0) is 24.3 Å². The number of piperazine rings is 1. The minimum Gasteiger partial charge on any atom is -0.467 e. The van der Waals surface area contributed by atoms with Gasteiger partial charge in [-0.1, -0.05) is 12.1 Å². The molecule has 2 heterocycles. The lowest BCUT2D eigenvalue weighted by molar-refractivity contribution is -0.120. The number of nitrogens with zero attached hydrogens (tertiary/aromatic N) is 3. The number of anilines is 1. The third kappa shape index (κ3) is 4.99. The number of carbonyl (C=O) groups is 1. The number of carbonyl (C=O) groups excluding carboxylic acids is 1. The van der Waals surface area contributed by atoms with E-state index in [1.54, 1.807) is 31.5 Å². The summed E-state index contributed by atoms with van der Waals surface area (Å²) in [5, 5.41) is 5.86. The van der Waals surface area contributed by atoms with Crippen molar-refractivity contribution in [2.24, 2.45) is 4.99 Å². The molecule has 1 saturated heterocycles. The molecule has 1 aliphatic heterocycles. The minimum absolute atomic E-state index is 0.126. The van der Waals surface area contributed by atoms with Gasteiger partial charge in [0.05, 0.1) is 25.0 Å². The SMILES string of the molecule is CN=C(NCC(=O)NCc1ccco1)N1CCN(c2ccccc2F)CC1. The van der Waals surface area contributed by atoms with E-state index in [4.69, 9.17) is 4.42 Å². The number of halogens is 1. The molecule has 0 bridgehead atoms. The van der Waals surface area contributed by atoms with Gasteiger partial charge >= 0.3 is 0 Å². The maximum Gasteiger partial charge on any atom is 0.239 e. The van der Waals surface area contributed by atoms with Crippen LogP contribution in [-0.4, -0.2) is 56.5 Å². The lowest BCUT2D eigenvalue weighted by atomic mass is 10.2. The first kappa shape index (κ1) is 18.8. The first-order valence-electron chi connectivity index (χ1n) is 8.91. The molecule has 8 heteroatoms. The van der Waals surface area contributed by atoms with Crippen LogP contribution in [0.1, 0.15) is 5.76 Å². The van der Waals surface area contributed by atoms with Crippen LogP contribution in [0, 0.1) is 5.82 Å². The predicted molar refractivity (Wildman–Crippen MR) is 102 cm³/mol. The topological polar surface area (TPSA) is 73.1 Å². The Labute approximate surface area is 157 Å². The van der Waals surface area contributed by atoms with Gasteiger partial charge in [0.25, 0.3) is 0 Å². The van der Waals surface area contributed by atoms with Gasteiger partial charge in [0, 0.05) is 33.2 Å². The van der Waals surface area contributed by atoms with Crippen molar-refractivity contribution >= 4 is 17.6 Å². The standard InChI is InChI=1S/C19H24FN5O2/c1-21-19(23-14-18(26)22-13-15-5-4-12-27-15)25-10-8-24(9-11-25)17-7-3-2-6-16(17)20/h2-7,12H,8-11,13-14H2,1H3,(H,21,23)(H,22,26). The quantitative estimate of drug-likeness (QED) is 0.613. The molecule has 0 saturated carbocycles. The summed E-state index contributed by atoms with van der Waals surface area (Å²) in [6, 6.07) is 10.4. The summed E-state index contributed by atoms with van der Waals surface area (Å²) >= 11 is 0. The molecule has 0 spiro atoms. The van der Waals surface area contributed by atoms with Crippen molar-refractivity contribution in [2.45, 2.75) is 6.54 Å². The van der Waals surface area contributed by atoms with Crippen LogP contribution in [0.2, 0.25) is 0 Å². The average Bonchev–Trinajstić information content (AvgIpc) is 3.21. The zero-order chi connectivity index (χ0) is 19.1. The summed E-state index contributed by atoms with van der Waals surface area (Å²) in [5.74, 6) is 1.02. The number of rotatable bonds is 5. The third-order valence-corrected chi connectivity index (χ3v) is 4.43. The molecular formula is C19H24FN5O2. The lowest BCUT2D eigenvalue weighted by Gasteiger charge is -2.37. The molecule has 2 N–H and O–H groups in total. The molecule has 144 valence electrons. The average molecular weight is 373 g/mol. The predicted octanol–water partition coefficient (Wildman–Crippen LogP) is 1.43. The molecule has 27 heavy (non-hydrogen) atoms. The van der Waals surface area contributed by atoms with Crippen LogP contribution < -0.4 is 15.5 Å². The number of nitrogens with one attached hydrogen (secondary N) is 2. The number of amides is 1. The molecule has 0 atom stereocenters. The number of guanidine groups is 1. The smallest absolute Gasteiger partial charge is 0.239 e. The van der Waals surface area contributed by atoms with Crippen LogP contribution in [0.15, 0.2) is 52.1 Å². The molecule has 1 amide bonds. The third-order valence-electron chi connectivity index (χ3n) is 4.43. The summed E-state index contributed by atoms with van der Waals surface area (Å²) < 4.78 is 19.1. The monoisotopic (exact) mass is 373 g/mol. The highest BCUT2D eigenvalue weighted by molar-refractivity contribution is 5.86. The highest BCUT2D eigenvalue weighted by Gasteiger charge is 2.21. The molecule has 1 aliphatic rings. The molecule has 0 unspecified atom stereocenters. The summed E-state index contributed by atoms with van der Waals surface area (Å²) in [4.78, 5) is 20.3. The van der Waals surface area contributed by atoms with E-state index in [0.29, 0.717) is 50.1 Å². The lowest BCUT2D eigenvalue weighted by Crippen LogP contribution is -2.53. The van der Waals surface area contributed by atoms with Crippen LogP contribution in [0.3, 0.4) is 0 Å². The van der Waals surface area contributed by atoms with Gasteiger partial charge in [0.2, 0.25) is 5.91 Å². The number of para-hydroxylation sites is 1. The first-order valence-corrected chi connectivity index (χ1v) is 8.91. The second-order valence-electron chi connectivity index (χ2n) is 6.18.